The first-order valence-electron chi connectivity index (χ1n) is 7.79. The summed E-state index contributed by atoms with van der Waals surface area (Å²) in [5.74, 6) is 0.903. The van der Waals surface area contributed by atoms with Crippen LogP contribution in [0.2, 0.25) is 0 Å². The van der Waals surface area contributed by atoms with Crippen molar-refractivity contribution in [2.24, 2.45) is 4.99 Å². The molecule has 0 unspecified atom stereocenters. The maximum Gasteiger partial charge on any atom is 0.446 e. The van der Waals surface area contributed by atoms with Gasteiger partial charge in [0.05, 0.1) is 13.1 Å². The highest BCUT2D eigenvalue weighted by molar-refractivity contribution is 7.81. The Balaban J connectivity index is 1.95. The molecule has 8 heteroatoms. The first-order chi connectivity index (χ1) is 11.9. The number of benzene rings is 2. The molecular formula is C17H19N3O4S. The number of aryl methyl sites for hydroxylation is 1. The maximum absolute atomic E-state index is 11.0. The van der Waals surface area contributed by atoms with Gasteiger partial charge in [0.1, 0.15) is 11.6 Å². The van der Waals surface area contributed by atoms with Crippen molar-refractivity contribution in [3.8, 4) is 5.75 Å². The minimum Gasteiger partial charge on any atom is -0.370 e. The van der Waals surface area contributed by atoms with E-state index in [0.717, 1.165) is 35.9 Å². The van der Waals surface area contributed by atoms with Gasteiger partial charge >= 0.3 is 10.4 Å². The molecule has 0 bridgehead atoms. The van der Waals surface area contributed by atoms with E-state index in [2.05, 4.69) is 14.5 Å². The Morgan fingerprint density at radius 3 is 2.60 bits per heavy atom. The van der Waals surface area contributed by atoms with Gasteiger partial charge in [0.25, 0.3) is 0 Å². The minimum atomic E-state index is -4.57. The molecule has 132 valence electrons. The molecule has 7 nitrogen and oxygen atoms in total. The standard InChI is InChI=1S/C17H19N3O4S/c1-13-5-7-14(8-6-13)20(12-17-18-9-10-19-17)15-3-2-4-16(11-15)24-25(21,22)23/h2-8,11H,9-10,12H2,1H3,(H,18,19)(H,21,22,23). The Morgan fingerprint density at radius 2 is 1.96 bits per heavy atom. The predicted octanol–water partition coefficient (Wildman–Crippen LogP) is 2.32. The number of nitrogens with one attached hydrogen (secondary N) is 1. The van der Waals surface area contributed by atoms with Gasteiger partial charge < -0.3 is 14.4 Å². The van der Waals surface area contributed by atoms with E-state index in [0.29, 0.717) is 6.54 Å². The van der Waals surface area contributed by atoms with Gasteiger partial charge in [-0.15, -0.1) is 0 Å². The molecule has 0 spiro atoms. The zero-order chi connectivity index (χ0) is 17.9. The third-order valence-corrected chi connectivity index (χ3v) is 4.13. The molecule has 2 N–H and O–H groups in total. The second-order valence-corrected chi connectivity index (χ2v) is 6.71. The lowest BCUT2D eigenvalue weighted by Gasteiger charge is -2.25. The molecule has 2 aromatic carbocycles. The molecule has 1 aliphatic heterocycles. The summed E-state index contributed by atoms with van der Waals surface area (Å²) >= 11 is 0. The fraction of sp³-hybridized carbons (Fsp3) is 0.235. The van der Waals surface area contributed by atoms with E-state index in [9.17, 15) is 8.42 Å². The summed E-state index contributed by atoms with van der Waals surface area (Å²) in [6.07, 6.45) is 0. The highest BCUT2D eigenvalue weighted by Crippen LogP contribution is 2.29. The van der Waals surface area contributed by atoms with Crippen LogP contribution >= 0.6 is 0 Å². The zero-order valence-electron chi connectivity index (χ0n) is 13.7. The molecule has 0 aromatic heterocycles. The molecule has 25 heavy (non-hydrogen) atoms. The van der Waals surface area contributed by atoms with Gasteiger partial charge in [-0.05, 0) is 31.2 Å². The van der Waals surface area contributed by atoms with Crippen LogP contribution < -0.4 is 14.4 Å². The number of anilines is 2. The fourth-order valence-electron chi connectivity index (χ4n) is 2.58. The molecule has 0 saturated carbocycles. The maximum atomic E-state index is 11.0. The van der Waals surface area contributed by atoms with Crippen molar-refractivity contribution in [1.29, 1.82) is 0 Å². The fourth-order valence-corrected chi connectivity index (χ4v) is 2.93. The lowest BCUT2D eigenvalue weighted by molar-refractivity contribution is 0.387. The molecule has 1 aliphatic rings. The van der Waals surface area contributed by atoms with E-state index in [1.807, 2.05) is 42.2 Å². The Hall–Kier alpha value is -2.58. The molecule has 1 heterocycles. The van der Waals surface area contributed by atoms with Crippen molar-refractivity contribution in [1.82, 2.24) is 5.32 Å². The van der Waals surface area contributed by atoms with Gasteiger partial charge in [0.2, 0.25) is 0 Å². The first kappa shape index (κ1) is 17.2. The predicted molar refractivity (Wildman–Crippen MR) is 97.1 cm³/mol. The third-order valence-electron chi connectivity index (χ3n) is 3.73. The lowest BCUT2D eigenvalue weighted by Crippen LogP contribution is -2.32. The SMILES string of the molecule is Cc1ccc(N(CC2=NCCN2)c2cccc(OS(=O)(=O)O)c2)cc1. The summed E-state index contributed by atoms with van der Waals surface area (Å²) in [5.41, 5.74) is 2.80. The van der Waals surface area contributed by atoms with Crippen molar-refractivity contribution in [3.63, 3.8) is 0 Å². The number of amidine groups is 1. The van der Waals surface area contributed by atoms with Gasteiger partial charge in [-0.3, -0.25) is 9.55 Å². The van der Waals surface area contributed by atoms with Crippen molar-refractivity contribution < 1.29 is 17.2 Å². The molecule has 3 rings (SSSR count). The lowest BCUT2D eigenvalue weighted by atomic mass is 10.2. The number of nitrogens with zero attached hydrogens (tertiary/aromatic N) is 2. The summed E-state index contributed by atoms with van der Waals surface area (Å²) in [6.45, 7) is 4.07. The summed E-state index contributed by atoms with van der Waals surface area (Å²) in [4.78, 5) is 6.42. The third kappa shape index (κ3) is 4.71. The molecule has 2 aromatic rings. The average molecular weight is 361 g/mol. The van der Waals surface area contributed by atoms with E-state index in [1.54, 1.807) is 12.1 Å². The van der Waals surface area contributed by atoms with E-state index < -0.39 is 10.4 Å². The van der Waals surface area contributed by atoms with E-state index in [-0.39, 0.29) is 5.75 Å². The molecular weight excluding hydrogens is 342 g/mol. The summed E-state index contributed by atoms with van der Waals surface area (Å²) < 4.78 is 35.4. The van der Waals surface area contributed by atoms with Crippen molar-refractivity contribution in [2.75, 3.05) is 24.5 Å². The summed E-state index contributed by atoms with van der Waals surface area (Å²) in [6, 6.07) is 14.5. The van der Waals surface area contributed by atoms with E-state index in [4.69, 9.17) is 4.55 Å². The monoisotopic (exact) mass is 361 g/mol. The van der Waals surface area contributed by atoms with Crippen LogP contribution in [-0.2, 0) is 10.4 Å². The summed E-state index contributed by atoms with van der Waals surface area (Å²) in [7, 11) is -4.57. The number of rotatable bonds is 6. The highest BCUT2D eigenvalue weighted by atomic mass is 32.3. The van der Waals surface area contributed by atoms with E-state index in [1.165, 1.54) is 6.07 Å². The Labute approximate surface area is 146 Å². The largest absolute Gasteiger partial charge is 0.446 e. The second kappa shape index (κ2) is 7.12. The summed E-state index contributed by atoms with van der Waals surface area (Å²) in [5, 5.41) is 3.23. The van der Waals surface area contributed by atoms with Gasteiger partial charge in [-0.25, -0.2) is 0 Å². The van der Waals surface area contributed by atoms with Crippen LogP contribution in [0.3, 0.4) is 0 Å². The quantitative estimate of drug-likeness (QED) is 0.767. The zero-order valence-corrected chi connectivity index (χ0v) is 14.5. The first-order valence-corrected chi connectivity index (χ1v) is 9.15. The minimum absolute atomic E-state index is 0.0402. The molecule has 0 aliphatic carbocycles. The van der Waals surface area contributed by atoms with Gasteiger partial charge in [-0.2, -0.15) is 8.42 Å². The normalized spacial score (nSPS) is 13.9. The van der Waals surface area contributed by atoms with Gasteiger partial charge in [0, 0.05) is 24.0 Å². The van der Waals surface area contributed by atoms with Crippen LogP contribution in [0.4, 0.5) is 11.4 Å². The van der Waals surface area contributed by atoms with Gasteiger partial charge in [-0.1, -0.05) is 23.8 Å². The van der Waals surface area contributed by atoms with Crippen molar-refractivity contribution >= 4 is 27.6 Å². The number of aliphatic imine (C=N–C) groups is 1. The molecule has 0 saturated heterocycles. The number of hydrogen-bond donors (Lipinski definition) is 2. The second-order valence-electron chi connectivity index (χ2n) is 5.69. The average Bonchev–Trinajstić information content (AvgIpc) is 3.05. The van der Waals surface area contributed by atoms with Crippen LogP contribution in [0.15, 0.2) is 53.5 Å². The topological polar surface area (TPSA) is 91.2 Å². The van der Waals surface area contributed by atoms with Crippen LogP contribution in [-0.4, -0.2) is 38.4 Å². The molecule has 0 fully saturated rings. The van der Waals surface area contributed by atoms with Crippen LogP contribution in [0, 0.1) is 6.92 Å². The smallest absolute Gasteiger partial charge is 0.370 e. The van der Waals surface area contributed by atoms with Crippen LogP contribution in [0.1, 0.15) is 5.56 Å². The van der Waals surface area contributed by atoms with E-state index >= 15 is 0 Å². The Morgan fingerprint density at radius 1 is 1.20 bits per heavy atom. The van der Waals surface area contributed by atoms with Gasteiger partial charge in [0.15, 0.2) is 0 Å². The Kier molecular flexibility index (Phi) is 4.91. The van der Waals surface area contributed by atoms with Crippen LogP contribution in [0.5, 0.6) is 5.75 Å². The molecule has 0 radical (unpaired) electrons. The van der Waals surface area contributed by atoms with Crippen molar-refractivity contribution in [2.45, 2.75) is 6.92 Å². The van der Waals surface area contributed by atoms with Crippen LogP contribution in [0.25, 0.3) is 0 Å². The number of hydrogen-bond acceptors (Lipinski definition) is 6. The molecule has 0 atom stereocenters. The highest BCUT2D eigenvalue weighted by Gasteiger charge is 2.16. The Bertz CT molecular complexity index is 879. The van der Waals surface area contributed by atoms with Crippen molar-refractivity contribution in [3.05, 3.63) is 54.1 Å². The molecule has 0 amide bonds.